The van der Waals surface area contributed by atoms with Gasteiger partial charge in [0.1, 0.15) is 11.5 Å². The molecule has 0 spiro atoms. The zero-order chi connectivity index (χ0) is 18.4. The van der Waals surface area contributed by atoms with Crippen LogP contribution in [-0.4, -0.2) is 28.0 Å². The molecule has 2 aromatic rings. The molecule has 8 heteroatoms. The van der Waals surface area contributed by atoms with Crippen molar-refractivity contribution in [3.63, 3.8) is 0 Å². The van der Waals surface area contributed by atoms with Crippen molar-refractivity contribution in [2.24, 2.45) is 0 Å². The van der Waals surface area contributed by atoms with Gasteiger partial charge in [0.2, 0.25) is 5.91 Å². The molecule has 0 aliphatic carbocycles. The molecule has 0 bridgehead atoms. The van der Waals surface area contributed by atoms with E-state index in [1.165, 1.54) is 32.2 Å². The zero-order valence-electron chi connectivity index (χ0n) is 14.2. The number of hydrogen-bond acceptors (Lipinski definition) is 5. The Morgan fingerprint density at radius 2 is 1.92 bits per heavy atom. The second-order valence-electron chi connectivity index (χ2n) is 5.11. The molecular weight excluding hydrogens is 344 g/mol. The van der Waals surface area contributed by atoms with Crippen molar-refractivity contribution in [2.45, 2.75) is 18.7 Å². The number of methoxy groups -OCH3 is 1. The highest BCUT2D eigenvalue weighted by Crippen LogP contribution is 2.29. The second kappa shape index (κ2) is 7.89. The molecule has 0 heterocycles. The van der Waals surface area contributed by atoms with E-state index < -0.39 is 10.0 Å². The van der Waals surface area contributed by atoms with Crippen LogP contribution < -0.4 is 19.5 Å². The van der Waals surface area contributed by atoms with Gasteiger partial charge < -0.3 is 14.8 Å². The van der Waals surface area contributed by atoms with Gasteiger partial charge in [0.05, 0.1) is 30.0 Å². The van der Waals surface area contributed by atoms with Crippen LogP contribution in [0, 0.1) is 0 Å². The third kappa shape index (κ3) is 4.87. The second-order valence-corrected chi connectivity index (χ2v) is 6.79. The Morgan fingerprint density at radius 3 is 2.56 bits per heavy atom. The molecule has 2 rings (SSSR count). The topological polar surface area (TPSA) is 93.7 Å². The summed E-state index contributed by atoms with van der Waals surface area (Å²) >= 11 is 0. The number of amides is 1. The number of benzene rings is 2. The van der Waals surface area contributed by atoms with Crippen LogP contribution in [0.5, 0.6) is 11.5 Å². The molecule has 0 unspecified atom stereocenters. The molecule has 2 aromatic carbocycles. The average molecular weight is 364 g/mol. The Hall–Kier alpha value is -2.74. The number of rotatable bonds is 7. The van der Waals surface area contributed by atoms with Gasteiger partial charge in [-0.25, -0.2) is 8.42 Å². The fourth-order valence-corrected chi connectivity index (χ4v) is 3.25. The van der Waals surface area contributed by atoms with Crippen LogP contribution in [-0.2, 0) is 14.8 Å². The molecule has 0 aromatic heterocycles. The van der Waals surface area contributed by atoms with Crippen molar-refractivity contribution >= 4 is 27.3 Å². The first-order chi connectivity index (χ1) is 11.9. The first-order valence-corrected chi connectivity index (χ1v) is 9.05. The average Bonchev–Trinajstić information content (AvgIpc) is 2.54. The van der Waals surface area contributed by atoms with Crippen molar-refractivity contribution in [3.8, 4) is 11.5 Å². The van der Waals surface area contributed by atoms with Gasteiger partial charge in [0, 0.05) is 13.0 Å². The van der Waals surface area contributed by atoms with Crippen LogP contribution in [0.1, 0.15) is 13.8 Å². The lowest BCUT2D eigenvalue weighted by Crippen LogP contribution is -2.14. The molecule has 0 atom stereocenters. The van der Waals surface area contributed by atoms with Crippen LogP contribution in [0.3, 0.4) is 0 Å². The summed E-state index contributed by atoms with van der Waals surface area (Å²) in [6.07, 6.45) is 0. The van der Waals surface area contributed by atoms with E-state index >= 15 is 0 Å². The third-order valence-corrected chi connectivity index (χ3v) is 4.57. The molecule has 0 aliphatic rings. The predicted molar refractivity (Wildman–Crippen MR) is 95.7 cm³/mol. The van der Waals surface area contributed by atoms with Gasteiger partial charge >= 0.3 is 0 Å². The summed E-state index contributed by atoms with van der Waals surface area (Å²) in [5.41, 5.74) is 0.656. The summed E-state index contributed by atoms with van der Waals surface area (Å²) in [6, 6.07) is 10.9. The van der Waals surface area contributed by atoms with Gasteiger partial charge in [-0.1, -0.05) is 6.07 Å². The van der Waals surface area contributed by atoms with Crippen LogP contribution in [0.2, 0.25) is 0 Å². The number of ether oxygens (including phenoxy) is 2. The van der Waals surface area contributed by atoms with E-state index in [0.717, 1.165) is 0 Å². The van der Waals surface area contributed by atoms with Crippen molar-refractivity contribution in [2.75, 3.05) is 23.8 Å². The van der Waals surface area contributed by atoms with E-state index in [0.29, 0.717) is 23.8 Å². The first kappa shape index (κ1) is 18.6. The zero-order valence-corrected chi connectivity index (χ0v) is 15.0. The van der Waals surface area contributed by atoms with E-state index in [9.17, 15) is 13.2 Å². The van der Waals surface area contributed by atoms with E-state index in [-0.39, 0.29) is 16.5 Å². The first-order valence-electron chi connectivity index (χ1n) is 7.57. The van der Waals surface area contributed by atoms with Crippen molar-refractivity contribution < 1.29 is 22.7 Å². The maximum atomic E-state index is 12.6. The quantitative estimate of drug-likeness (QED) is 0.788. The fraction of sp³-hybridized carbons (Fsp3) is 0.235. The van der Waals surface area contributed by atoms with Crippen molar-refractivity contribution in [1.29, 1.82) is 0 Å². The Balaban J connectivity index is 2.33. The third-order valence-electron chi connectivity index (χ3n) is 3.19. The lowest BCUT2D eigenvalue weighted by Gasteiger charge is -2.13. The lowest BCUT2D eigenvalue weighted by atomic mass is 10.3. The summed E-state index contributed by atoms with van der Waals surface area (Å²) in [5, 5.41) is 2.55. The molecule has 25 heavy (non-hydrogen) atoms. The predicted octanol–water partition coefficient (Wildman–Crippen LogP) is 2.85. The van der Waals surface area contributed by atoms with Gasteiger partial charge in [0.15, 0.2) is 0 Å². The number of hydrogen-bond donors (Lipinski definition) is 2. The van der Waals surface area contributed by atoms with E-state index in [4.69, 9.17) is 9.47 Å². The molecular formula is C17H20N2O5S. The Kier molecular flexibility index (Phi) is 5.87. The Morgan fingerprint density at radius 1 is 1.16 bits per heavy atom. The normalized spacial score (nSPS) is 10.8. The van der Waals surface area contributed by atoms with Crippen LogP contribution in [0.4, 0.5) is 11.4 Å². The van der Waals surface area contributed by atoms with E-state index in [2.05, 4.69) is 10.0 Å². The Bertz CT molecular complexity index is 865. The van der Waals surface area contributed by atoms with Crippen LogP contribution in [0.15, 0.2) is 47.4 Å². The van der Waals surface area contributed by atoms with Crippen molar-refractivity contribution in [3.05, 3.63) is 42.5 Å². The van der Waals surface area contributed by atoms with Crippen LogP contribution in [0.25, 0.3) is 0 Å². The highest BCUT2D eigenvalue weighted by molar-refractivity contribution is 7.92. The molecule has 0 saturated heterocycles. The summed E-state index contributed by atoms with van der Waals surface area (Å²) < 4.78 is 38.2. The molecule has 0 saturated carbocycles. The minimum Gasteiger partial charge on any atom is -0.495 e. The molecule has 1 amide bonds. The number of anilines is 2. The minimum atomic E-state index is -3.84. The van der Waals surface area contributed by atoms with Crippen LogP contribution >= 0.6 is 0 Å². The smallest absolute Gasteiger partial charge is 0.261 e. The van der Waals surface area contributed by atoms with E-state index in [1.54, 1.807) is 24.3 Å². The molecule has 0 fully saturated rings. The fourth-order valence-electron chi connectivity index (χ4n) is 2.17. The molecule has 134 valence electrons. The number of carbonyl (C=O) groups excluding carboxylic acids is 1. The highest BCUT2D eigenvalue weighted by atomic mass is 32.2. The highest BCUT2D eigenvalue weighted by Gasteiger charge is 2.17. The summed E-state index contributed by atoms with van der Waals surface area (Å²) in [6.45, 7) is 3.66. The maximum absolute atomic E-state index is 12.6. The maximum Gasteiger partial charge on any atom is 0.261 e. The molecule has 0 radical (unpaired) electrons. The van der Waals surface area contributed by atoms with Gasteiger partial charge in [0.25, 0.3) is 10.0 Å². The monoisotopic (exact) mass is 364 g/mol. The number of sulfonamides is 1. The molecule has 2 N–H and O–H groups in total. The minimum absolute atomic E-state index is 0.00105. The van der Waals surface area contributed by atoms with Crippen molar-refractivity contribution in [1.82, 2.24) is 0 Å². The summed E-state index contributed by atoms with van der Waals surface area (Å²) in [4.78, 5) is 11.3. The number of nitrogens with one attached hydrogen (secondary N) is 2. The largest absolute Gasteiger partial charge is 0.495 e. The SMILES string of the molecule is CCOc1cccc(NS(=O)(=O)c2ccc(OC)c(NC(C)=O)c2)c1. The number of carbonyl (C=O) groups is 1. The van der Waals surface area contributed by atoms with Gasteiger partial charge in [-0.3, -0.25) is 9.52 Å². The van der Waals surface area contributed by atoms with Gasteiger partial charge in [-0.2, -0.15) is 0 Å². The summed E-state index contributed by atoms with van der Waals surface area (Å²) in [5.74, 6) is 0.606. The Labute approximate surface area is 147 Å². The molecule has 0 aliphatic heterocycles. The van der Waals surface area contributed by atoms with Gasteiger partial charge in [-0.05, 0) is 37.3 Å². The molecule has 7 nitrogen and oxygen atoms in total. The van der Waals surface area contributed by atoms with E-state index in [1.807, 2.05) is 6.92 Å². The lowest BCUT2D eigenvalue weighted by molar-refractivity contribution is -0.114. The summed E-state index contributed by atoms with van der Waals surface area (Å²) in [7, 11) is -2.40. The standard InChI is InChI=1S/C17H20N2O5S/c1-4-24-14-7-5-6-13(10-14)19-25(21,22)15-8-9-17(23-3)16(11-15)18-12(2)20/h5-11,19H,4H2,1-3H3,(H,18,20). The van der Waals surface area contributed by atoms with Gasteiger partial charge in [-0.15, -0.1) is 0 Å².